The normalized spacial score (nSPS) is 23.4. The first-order valence-corrected chi connectivity index (χ1v) is 7.60. The molecule has 112 valence electrons. The van der Waals surface area contributed by atoms with Crippen LogP contribution in [0.4, 0.5) is 0 Å². The fraction of sp³-hybridized carbons (Fsp3) is 0.438. The second-order valence-electron chi connectivity index (χ2n) is 5.72. The summed E-state index contributed by atoms with van der Waals surface area (Å²) < 4.78 is 5.54. The quantitative estimate of drug-likeness (QED) is 0.946. The van der Waals surface area contributed by atoms with Gasteiger partial charge in [-0.3, -0.25) is 4.90 Å². The number of piperidine rings is 1. The minimum Gasteiger partial charge on any atom is -0.444 e. The highest BCUT2D eigenvalue weighted by Gasteiger charge is 2.24. The van der Waals surface area contributed by atoms with E-state index in [-0.39, 0.29) is 6.10 Å². The van der Waals surface area contributed by atoms with E-state index < -0.39 is 0 Å². The van der Waals surface area contributed by atoms with Crippen molar-refractivity contribution < 1.29 is 9.52 Å². The molecule has 21 heavy (non-hydrogen) atoms. The average Bonchev–Trinajstić information content (AvgIpc) is 2.92. The van der Waals surface area contributed by atoms with Gasteiger partial charge in [-0.1, -0.05) is 18.5 Å². The number of hydrogen-bond acceptors (Lipinski definition) is 4. The summed E-state index contributed by atoms with van der Waals surface area (Å²) in [6.45, 7) is 4.49. The van der Waals surface area contributed by atoms with Crippen molar-refractivity contribution in [1.29, 1.82) is 0 Å². The lowest BCUT2D eigenvalue weighted by Gasteiger charge is -2.33. The second-order valence-corrected chi connectivity index (χ2v) is 6.16. The van der Waals surface area contributed by atoms with Gasteiger partial charge >= 0.3 is 0 Å². The number of β-amino-alcohol motifs (C(OH)–C–C–N with tert-alkyl or cyclic N) is 1. The molecule has 0 bridgehead atoms. The summed E-state index contributed by atoms with van der Waals surface area (Å²) in [6.07, 6.45) is 2.46. The number of rotatable bonds is 3. The zero-order valence-corrected chi connectivity index (χ0v) is 12.8. The van der Waals surface area contributed by atoms with Crippen LogP contribution in [0.15, 0.2) is 34.9 Å². The molecule has 0 spiro atoms. The molecule has 1 aliphatic heterocycles. The van der Waals surface area contributed by atoms with Crippen LogP contribution in [-0.2, 0) is 6.54 Å². The summed E-state index contributed by atoms with van der Waals surface area (Å²) in [4.78, 5) is 6.73. The topological polar surface area (TPSA) is 49.5 Å². The van der Waals surface area contributed by atoms with Crippen LogP contribution in [0.5, 0.6) is 0 Å². The van der Waals surface area contributed by atoms with Crippen molar-refractivity contribution in [2.45, 2.75) is 26.0 Å². The van der Waals surface area contributed by atoms with Gasteiger partial charge in [-0.05, 0) is 43.1 Å². The van der Waals surface area contributed by atoms with E-state index in [2.05, 4.69) is 16.8 Å². The van der Waals surface area contributed by atoms with Gasteiger partial charge in [0.05, 0.1) is 11.8 Å². The maximum atomic E-state index is 9.94. The van der Waals surface area contributed by atoms with Crippen LogP contribution in [-0.4, -0.2) is 34.2 Å². The second kappa shape index (κ2) is 6.18. The van der Waals surface area contributed by atoms with E-state index in [1.54, 1.807) is 6.26 Å². The molecule has 1 saturated heterocycles. The van der Waals surface area contributed by atoms with Crippen LogP contribution in [0.3, 0.4) is 0 Å². The van der Waals surface area contributed by atoms with Crippen LogP contribution in [0, 0.1) is 5.92 Å². The Kier molecular flexibility index (Phi) is 4.29. The van der Waals surface area contributed by atoms with E-state index in [4.69, 9.17) is 16.0 Å². The minimum atomic E-state index is -0.249. The Bertz CT molecular complexity index is 597. The van der Waals surface area contributed by atoms with Crippen molar-refractivity contribution in [2.24, 2.45) is 5.92 Å². The number of halogens is 1. The highest BCUT2D eigenvalue weighted by atomic mass is 35.5. The highest BCUT2D eigenvalue weighted by molar-refractivity contribution is 6.30. The molecular formula is C16H19ClN2O2. The van der Waals surface area contributed by atoms with Crippen molar-refractivity contribution >= 4 is 11.6 Å². The number of aliphatic hydroxyl groups is 1. The molecule has 0 aliphatic carbocycles. The number of aliphatic hydroxyl groups excluding tert-OH is 1. The van der Waals surface area contributed by atoms with Crippen molar-refractivity contribution in [3.8, 4) is 11.5 Å². The lowest BCUT2D eigenvalue weighted by molar-refractivity contribution is 0.0254. The van der Waals surface area contributed by atoms with Crippen molar-refractivity contribution in [3.05, 3.63) is 41.2 Å². The predicted octanol–water partition coefficient (Wildman–Crippen LogP) is 3.20. The van der Waals surface area contributed by atoms with Crippen molar-refractivity contribution in [2.75, 3.05) is 13.1 Å². The Morgan fingerprint density at radius 3 is 2.86 bits per heavy atom. The van der Waals surface area contributed by atoms with Gasteiger partial charge in [-0.25, -0.2) is 4.98 Å². The molecule has 0 amide bonds. The van der Waals surface area contributed by atoms with Crippen molar-refractivity contribution in [3.63, 3.8) is 0 Å². The summed E-state index contributed by atoms with van der Waals surface area (Å²) in [5.74, 6) is 0.982. The minimum absolute atomic E-state index is 0.249. The maximum Gasteiger partial charge on any atom is 0.226 e. The molecular weight excluding hydrogens is 288 g/mol. The third-order valence-corrected chi connectivity index (χ3v) is 4.28. The van der Waals surface area contributed by atoms with Crippen molar-refractivity contribution in [1.82, 2.24) is 9.88 Å². The molecule has 1 aromatic heterocycles. The average molecular weight is 307 g/mol. The van der Waals surface area contributed by atoms with Gasteiger partial charge in [0, 0.05) is 23.7 Å². The summed E-state index contributed by atoms with van der Waals surface area (Å²) in [5, 5.41) is 10.6. The van der Waals surface area contributed by atoms with Gasteiger partial charge in [0.25, 0.3) is 0 Å². The molecule has 0 radical (unpaired) electrons. The number of nitrogens with zero attached hydrogens (tertiary/aromatic N) is 2. The molecule has 2 atom stereocenters. The number of aromatic nitrogens is 1. The van der Waals surface area contributed by atoms with Gasteiger partial charge in [-0.2, -0.15) is 0 Å². The maximum absolute atomic E-state index is 9.94. The zero-order chi connectivity index (χ0) is 14.8. The number of likely N-dealkylation sites (tertiary alicyclic amines) is 1. The Labute approximate surface area is 129 Å². The first kappa shape index (κ1) is 14.6. The lowest BCUT2D eigenvalue weighted by atomic mass is 9.96. The third kappa shape index (κ3) is 3.46. The fourth-order valence-electron chi connectivity index (χ4n) is 2.59. The van der Waals surface area contributed by atoms with Crippen LogP contribution in [0.25, 0.3) is 11.5 Å². The van der Waals surface area contributed by atoms with Gasteiger partial charge in [-0.15, -0.1) is 0 Å². The summed E-state index contributed by atoms with van der Waals surface area (Å²) in [6, 6.07) is 7.43. The zero-order valence-electron chi connectivity index (χ0n) is 12.0. The van der Waals surface area contributed by atoms with E-state index >= 15 is 0 Å². The Hall–Kier alpha value is -1.36. The Morgan fingerprint density at radius 2 is 2.14 bits per heavy atom. The molecule has 2 aromatic rings. The Morgan fingerprint density at radius 1 is 1.38 bits per heavy atom. The molecule has 2 unspecified atom stereocenters. The highest BCUT2D eigenvalue weighted by Crippen LogP contribution is 2.23. The summed E-state index contributed by atoms with van der Waals surface area (Å²) in [5.41, 5.74) is 1.81. The molecule has 4 nitrogen and oxygen atoms in total. The van der Waals surface area contributed by atoms with E-state index in [1.807, 2.05) is 24.3 Å². The standard InChI is InChI=1S/C16H19ClN2O2/c1-11-6-7-19(9-15(11)20)8-14-10-21-16(18-14)12-2-4-13(17)5-3-12/h2-5,10-11,15,20H,6-9H2,1H3. The number of hydrogen-bond donors (Lipinski definition) is 1. The molecule has 0 saturated carbocycles. The van der Waals surface area contributed by atoms with E-state index in [9.17, 15) is 5.11 Å². The van der Waals surface area contributed by atoms with Gasteiger partial charge in [0.15, 0.2) is 0 Å². The largest absolute Gasteiger partial charge is 0.444 e. The van der Waals surface area contributed by atoms with E-state index in [0.29, 0.717) is 29.9 Å². The molecule has 2 heterocycles. The molecule has 5 heteroatoms. The molecule has 1 N–H and O–H groups in total. The van der Waals surface area contributed by atoms with E-state index in [0.717, 1.165) is 24.2 Å². The predicted molar refractivity (Wildman–Crippen MR) is 82.0 cm³/mol. The molecule has 3 rings (SSSR count). The first-order valence-electron chi connectivity index (χ1n) is 7.22. The van der Waals surface area contributed by atoms with Crippen LogP contribution in [0.2, 0.25) is 5.02 Å². The fourth-order valence-corrected chi connectivity index (χ4v) is 2.72. The van der Waals surface area contributed by atoms with Gasteiger partial charge in [0.1, 0.15) is 6.26 Å². The van der Waals surface area contributed by atoms with Crippen LogP contribution < -0.4 is 0 Å². The van der Waals surface area contributed by atoms with E-state index in [1.165, 1.54) is 0 Å². The Balaban J connectivity index is 1.66. The summed E-state index contributed by atoms with van der Waals surface area (Å²) >= 11 is 5.88. The lowest BCUT2D eigenvalue weighted by Crippen LogP contribution is -2.42. The number of benzene rings is 1. The number of oxazole rings is 1. The summed E-state index contributed by atoms with van der Waals surface area (Å²) in [7, 11) is 0. The van der Waals surface area contributed by atoms with Crippen LogP contribution in [0.1, 0.15) is 19.0 Å². The third-order valence-electron chi connectivity index (χ3n) is 4.03. The van der Waals surface area contributed by atoms with Gasteiger partial charge in [0.2, 0.25) is 5.89 Å². The molecule has 1 fully saturated rings. The first-order chi connectivity index (χ1) is 10.1. The van der Waals surface area contributed by atoms with Gasteiger partial charge < -0.3 is 9.52 Å². The smallest absolute Gasteiger partial charge is 0.226 e. The molecule has 1 aliphatic rings. The van der Waals surface area contributed by atoms with Crippen LogP contribution >= 0.6 is 11.6 Å². The molecule has 1 aromatic carbocycles. The monoisotopic (exact) mass is 306 g/mol. The SMILES string of the molecule is CC1CCN(Cc2coc(-c3ccc(Cl)cc3)n2)CC1O.